The molecule has 0 atom stereocenters. The van der Waals surface area contributed by atoms with Gasteiger partial charge in [-0.1, -0.05) is 0 Å². The maximum Gasteiger partial charge on any atom is 0.573 e. The fourth-order valence-electron chi connectivity index (χ4n) is 1.00. The second-order valence-corrected chi connectivity index (χ2v) is 2.69. The van der Waals surface area contributed by atoms with E-state index in [0.717, 1.165) is 6.07 Å². The topological polar surface area (TPSA) is 44.5 Å². The van der Waals surface area contributed by atoms with Crippen molar-refractivity contribution < 1.29 is 22.6 Å². The Bertz CT molecular complexity index is 339. The third-order valence-corrected chi connectivity index (χ3v) is 1.49. The minimum atomic E-state index is -4.73. The zero-order valence-corrected chi connectivity index (χ0v) is 7.97. The summed E-state index contributed by atoms with van der Waals surface area (Å²) in [6.45, 7) is 1.89. The molecular weight excluding hydrogens is 211 g/mol. The number of nitrogen functional groups attached to an aromatic ring is 1. The molecule has 0 aliphatic rings. The number of alkyl halides is 3. The molecule has 0 unspecified atom stereocenters. The number of hydrogen-bond acceptors (Lipinski definition) is 3. The Balaban J connectivity index is 2.95. The van der Waals surface area contributed by atoms with E-state index in [9.17, 15) is 13.2 Å². The lowest BCUT2D eigenvalue weighted by molar-refractivity contribution is -0.275. The molecule has 2 N–H and O–H groups in total. The lowest BCUT2D eigenvalue weighted by Crippen LogP contribution is -2.17. The highest BCUT2D eigenvalue weighted by atomic mass is 19.4. The van der Waals surface area contributed by atoms with Crippen molar-refractivity contribution in [1.82, 2.24) is 0 Å². The van der Waals surface area contributed by atoms with Gasteiger partial charge >= 0.3 is 6.36 Å². The summed E-state index contributed by atoms with van der Waals surface area (Å²) in [6.07, 6.45) is -4.73. The first-order chi connectivity index (χ1) is 6.92. The highest BCUT2D eigenvalue weighted by Gasteiger charge is 2.32. The van der Waals surface area contributed by atoms with Gasteiger partial charge in [-0.05, 0) is 19.1 Å². The van der Waals surface area contributed by atoms with Crippen LogP contribution in [0, 0.1) is 0 Å². The lowest BCUT2D eigenvalue weighted by Gasteiger charge is -2.13. The molecule has 1 rings (SSSR count). The molecule has 0 amide bonds. The van der Waals surface area contributed by atoms with Gasteiger partial charge in [0.2, 0.25) is 0 Å². The summed E-state index contributed by atoms with van der Waals surface area (Å²) < 4.78 is 44.6. The van der Waals surface area contributed by atoms with Gasteiger partial charge in [-0.25, -0.2) is 0 Å². The van der Waals surface area contributed by atoms with Gasteiger partial charge in [-0.15, -0.1) is 13.2 Å². The molecule has 3 nitrogen and oxygen atoms in total. The number of ether oxygens (including phenoxy) is 2. The van der Waals surface area contributed by atoms with Crippen LogP contribution in [0.1, 0.15) is 6.92 Å². The Kier molecular flexibility index (Phi) is 3.28. The van der Waals surface area contributed by atoms with Gasteiger partial charge in [0.25, 0.3) is 0 Å². The van der Waals surface area contributed by atoms with Crippen LogP contribution in [0.2, 0.25) is 0 Å². The first kappa shape index (κ1) is 11.5. The minimum Gasteiger partial charge on any atom is -0.490 e. The van der Waals surface area contributed by atoms with Crippen molar-refractivity contribution in [3.05, 3.63) is 18.2 Å². The van der Waals surface area contributed by atoms with Crippen LogP contribution in [0.15, 0.2) is 18.2 Å². The maximum absolute atomic E-state index is 12.0. The standard InChI is InChI=1S/C9H10F3NO2/c1-2-14-8-5-6(13)3-4-7(8)15-9(10,11)12/h3-5H,2,13H2,1H3. The van der Waals surface area contributed by atoms with Gasteiger partial charge in [-0.2, -0.15) is 0 Å². The molecule has 15 heavy (non-hydrogen) atoms. The Hall–Kier alpha value is -1.59. The van der Waals surface area contributed by atoms with Crippen molar-refractivity contribution in [2.24, 2.45) is 0 Å². The summed E-state index contributed by atoms with van der Waals surface area (Å²) in [5, 5.41) is 0. The van der Waals surface area contributed by atoms with Gasteiger partial charge in [0.15, 0.2) is 11.5 Å². The summed E-state index contributed by atoms with van der Waals surface area (Å²) in [5.41, 5.74) is 5.72. The van der Waals surface area contributed by atoms with Crippen LogP contribution in [0.4, 0.5) is 18.9 Å². The molecule has 0 bridgehead atoms. The van der Waals surface area contributed by atoms with Gasteiger partial charge in [0.1, 0.15) is 0 Å². The van der Waals surface area contributed by atoms with E-state index in [4.69, 9.17) is 10.5 Å². The van der Waals surface area contributed by atoms with Gasteiger partial charge in [-0.3, -0.25) is 0 Å². The molecule has 0 aliphatic heterocycles. The summed E-state index contributed by atoms with van der Waals surface area (Å²) in [6, 6.07) is 3.71. The molecule has 1 aromatic carbocycles. The monoisotopic (exact) mass is 221 g/mol. The van der Waals surface area contributed by atoms with E-state index in [0.29, 0.717) is 5.69 Å². The molecule has 0 heterocycles. The smallest absolute Gasteiger partial charge is 0.490 e. The average molecular weight is 221 g/mol. The highest BCUT2D eigenvalue weighted by Crippen LogP contribution is 2.33. The molecule has 0 aromatic heterocycles. The summed E-state index contributed by atoms with van der Waals surface area (Å²) in [4.78, 5) is 0. The van der Waals surface area contributed by atoms with E-state index in [1.165, 1.54) is 12.1 Å². The Labute approximate surface area is 84.6 Å². The molecular formula is C9H10F3NO2. The van der Waals surface area contributed by atoms with E-state index in [1.807, 2.05) is 0 Å². The molecule has 0 aliphatic carbocycles. The van der Waals surface area contributed by atoms with Crippen LogP contribution in [-0.2, 0) is 0 Å². The van der Waals surface area contributed by atoms with Gasteiger partial charge < -0.3 is 15.2 Å². The number of nitrogens with two attached hydrogens (primary N) is 1. The van der Waals surface area contributed by atoms with E-state index in [-0.39, 0.29) is 12.4 Å². The van der Waals surface area contributed by atoms with Crippen molar-refractivity contribution in [1.29, 1.82) is 0 Å². The predicted molar refractivity (Wildman–Crippen MR) is 48.7 cm³/mol. The fraction of sp³-hybridized carbons (Fsp3) is 0.333. The van der Waals surface area contributed by atoms with Gasteiger partial charge in [0.05, 0.1) is 6.61 Å². The number of anilines is 1. The number of benzene rings is 1. The molecule has 0 spiro atoms. The molecule has 84 valence electrons. The SMILES string of the molecule is CCOc1cc(N)ccc1OC(F)(F)F. The number of rotatable bonds is 3. The largest absolute Gasteiger partial charge is 0.573 e. The zero-order valence-electron chi connectivity index (χ0n) is 7.97. The molecule has 0 saturated heterocycles. The van der Waals surface area contributed by atoms with Crippen molar-refractivity contribution in [2.75, 3.05) is 12.3 Å². The third-order valence-electron chi connectivity index (χ3n) is 1.49. The van der Waals surface area contributed by atoms with Crippen LogP contribution >= 0.6 is 0 Å². The molecule has 6 heteroatoms. The zero-order chi connectivity index (χ0) is 11.5. The average Bonchev–Trinajstić information content (AvgIpc) is 2.08. The number of halogens is 3. The Morgan fingerprint density at radius 2 is 1.93 bits per heavy atom. The minimum absolute atomic E-state index is 0.0187. The van der Waals surface area contributed by atoms with E-state index < -0.39 is 12.1 Å². The highest BCUT2D eigenvalue weighted by molar-refractivity contribution is 5.52. The van der Waals surface area contributed by atoms with Crippen molar-refractivity contribution in [3.8, 4) is 11.5 Å². The van der Waals surface area contributed by atoms with Crippen molar-refractivity contribution >= 4 is 5.69 Å². The van der Waals surface area contributed by atoms with E-state index in [2.05, 4.69) is 4.74 Å². The van der Waals surface area contributed by atoms with Crippen LogP contribution in [0.25, 0.3) is 0 Å². The molecule has 1 aromatic rings. The van der Waals surface area contributed by atoms with Crippen molar-refractivity contribution in [2.45, 2.75) is 13.3 Å². The molecule has 0 fully saturated rings. The Morgan fingerprint density at radius 1 is 1.27 bits per heavy atom. The quantitative estimate of drug-likeness (QED) is 0.798. The lowest BCUT2D eigenvalue weighted by atomic mass is 10.3. The predicted octanol–water partition coefficient (Wildman–Crippen LogP) is 2.57. The normalized spacial score (nSPS) is 11.2. The number of hydrogen-bond donors (Lipinski definition) is 1. The van der Waals surface area contributed by atoms with Crippen LogP contribution < -0.4 is 15.2 Å². The second-order valence-electron chi connectivity index (χ2n) is 2.69. The molecule has 0 radical (unpaired) electrons. The maximum atomic E-state index is 12.0. The summed E-state index contributed by atoms with van der Waals surface area (Å²) in [5.74, 6) is -0.409. The first-order valence-corrected chi connectivity index (χ1v) is 4.20. The van der Waals surface area contributed by atoms with Crippen LogP contribution in [-0.4, -0.2) is 13.0 Å². The Morgan fingerprint density at radius 3 is 2.47 bits per heavy atom. The van der Waals surface area contributed by atoms with Crippen molar-refractivity contribution in [3.63, 3.8) is 0 Å². The van der Waals surface area contributed by atoms with E-state index in [1.54, 1.807) is 6.92 Å². The first-order valence-electron chi connectivity index (χ1n) is 4.20. The summed E-state index contributed by atoms with van der Waals surface area (Å²) >= 11 is 0. The second kappa shape index (κ2) is 4.29. The van der Waals surface area contributed by atoms with E-state index >= 15 is 0 Å². The third kappa shape index (κ3) is 3.57. The summed E-state index contributed by atoms with van der Waals surface area (Å²) in [7, 11) is 0. The van der Waals surface area contributed by atoms with Crippen LogP contribution in [0.5, 0.6) is 11.5 Å². The fourth-order valence-corrected chi connectivity index (χ4v) is 1.00. The van der Waals surface area contributed by atoms with Crippen LogP contribution in [0.3, 0.4) is 0 Å². The molecule has 0 saturated carbocycles. The van der Waals surface area contributed by atoms with Gasteiger partial charge in [0, 0.05) is 11.8 Å².